The van der Waals surface area contributed by atoms with E-state index in [4.69, 9.17) is 0 Å². The molecule has 5 heteroatoms. The molecule has 0 aliphatic heterocycles. The molecular weight excluding hydrogens is 184 g/mol. The van der Waals surface area contributed by atoms with Crippen LogP contribution in [0.1, 0.15) is 32.1 Å². The highest BCUT2D eigenvalue weighted by atomic mass is 32.1. The van der Waals surface area contributed by atoms with Gasteiger partial charge in [0.15, 0.2) is 0 Å². The van der Waals surface area contributed by atoms with Crippen molar-refractivity contribution < 1.29 is 0 Å². The first-order valence-electron chi connectivity index (χ1n) is 4.66. The monoisotopic (exact) mass is 208 g/mol. The van der Waals surface area contributed by atoms with Crippen LogP contribution in [0.2, 0.25) is 0 Å². The number of nitrogens with two attached hydrogens (primary N) is 2. The van der Waals surface area contributed by atoms with Gasteiger partial charge >= 0.3 is 0 Å². The van der Waals surface area contributed by atoms with Crippen LogP contribution < -0.4 is 21.7 Å². The third-order valence-electron chi connectivity index (χ3n) is 1.79. The van der Waals surface area contributed by atoms with Crippen LogP contribution in [0.15, 0.2) is 0 Å². The predicted octanol–water partition coefficient (Wildman–Crippen LogP) is 0.408. The molecule has 13 heavy (non-hydrogen) atoms. The molecular formula is C8H24N4S. The fraction of sp³-hybridized carbons (Fsp3) is 1.00. The van der Waals surface area contributed by atoms with Crippen molar-refractivity contribution in [2.45, 2.75) is 38.1 Å². The molecule has 0 radical (unpaired) electrons. The second-order valence-electron chi connectivity index (χ2n) is 2.96. The van der Waals surface area contributed by atoms with Gasteiger partial charge < -0.3 is 5.32 Å². The fourth-order valence-electron chi connectivity index (χ4n) is 1.23. The largest absolute Gasteiger partial charge is 0.323 e. The van der Waals surface area contributed by atoms with Crippen molar-refractivity contribution in [3.05, 3.63) is 0 Å². The van der Waals surface area contributed by atoms with Gasteiger partial charge in [-0.05, 0) is 26.9 Å². The molecule has 0 aromatic heterocycles. The molecule has 0 aromatic rings. The fourth-order valence-corrected chi connectivity index (χ4v) is 1.49. The molecule has 82 valence electrons. The predicted molar refractivity (Wildman–Crippen MR) is 62.4 cm³/mol. The molecule has 0 bridgehead atoms. The molecule has 1 rings (SSSR count). The van der Waals surface area contributed by atoms with Crippen molar-refractivity contribution in [2.75, 3.05) is 14.1 Å². The molecule has 0 spiro atoms. The molecule has 4 nitrogen and oxygen atoms in total. The van der Waals surface area contributed by atoms with Gasteiger partial charge in [0.1, 0.15) is 0 Å². The minimum absolute atomic E-state index is 0.701. The van der Waals surface area contributed by atoms with E-state index in [0.717, 1.165) is 0 Å². The Morgan fingerprint density at radius 2 is 1.46 bits per heavy atom. The highest BCUT2D eigenvalue weighted by molar-refractivity contribution is 7.78. The van der Waals surface area contributed by atoms with E-state index in [2.05, 4.69) is 34.5 Å². The van der Waals surface area contributed by atoms with E-state index in [1.54, 1.807) is 0 Å². The Balaban J connectivity index is 0. The molecule has 1 aliphatic carbocycles. The Morgan fingerprint density at radius 3 is 1.69 bits per heavy atom. The summed E-state index contributed by atoms with van der Waals surface area (Å²) in [6.07, 6.45) is 6.84. The lowest BCUT2D eigenvalue weighted by Gasteiger charge is -2.19. The van der Waals surface area contributed by atoms with E-state index in [0.29, 0.717) is 6.04 Å². The SMILES string of the molecule is CNC.NN.SNC1CCCCC1. The average molecular weight is 208 g/mol. The first-order chi connectivity index (χ1) is 6.35. The van der Waals surface area contributed by atoms with Crippen molar-refractivity contribution in [2.24, 2.45) is 11.7 Å². The van der Waals surface area contributed by atoms with Gasteiger partial charge in [-0.1, -0.05) is 32.1 Å². The van der Waals surface area contributed by atoms with Crippen LogP contribution in [0.4, 0.5) is 0 Å². The first-order valence-corrected chi connectivity index (χ1v) is 5.11. The van der Waals surface area contributed by atoms with E-state index >= 15 is 0 Å². The molecule has 1 fully saturated rings. The Hall–Kier alpha value is 0.190. The van der Waals surface area contributed by atoms with Crippen molar-refractivity contribution in [1.29, 1.82) is 0 Å². The minimum atomic E-state index is 0.701. The molecule has 0 aromatic carbocycles. The zero-order valence-electron chi connectivity index (χ0n) is 8.71. The molecule has 6 N–H and O–H groups in total. The maximum absolute atomic E-state index is 4.01. The molecule has 1 aliphatic rings. The molecule has 1 saturated carbocycles. The van der Waals surface area contributed by atoms with Gasteiger partial charge in [0.2, 0.25) is 0 Å². The molecule has 0 amide bonds. The Kier molecular flexibility index (Phi) is 17.7. The Bertz CT molecular complexity index is 76.5. The van der Waals surface area contributed by atoms with Crippen LogP contribution in [-0.4, -0.2) is 20.1 Å². The zero-order valence-corrected chi connectivity index (χ0v) is 9.61. The molecule has 0 unspecified atom stereocenters. The van der Waals surface area contributed by atoms with Gasteiger partial charge in [-0.3, -0.25) is 16.4 Å². The van der Waals surface area contributed by atoms with Crippen LogP contribution in [0.3, 0.4) is 0 Å². The quantitative estimate of drug-likeness (QED) is 0.246. The lowest BCUT2D eigenvalue weighted by molar-refractivity contribution is 0.424. The summed E-state index contributed by atoms with van der Waals surface area (Å²) >= 11 is 4.01. The van der Waals surface area contributed by atoms with E-state index in [-0.39, 0.29) is 0 Å². The summed E-state index contributed by atoms with van der Waals surface area (Å²) in [7, 11) is 3.75. The van der Waals surface area contributed by atoms with E-state index < -0.39 is 0 Å². The van der Waals surface area contributed by atoms with Crippen LogP contribution in [0.25, 0.3) is 0 Å². The lowest BCUT2D eigenvalue weighted by atomic mass is 9.96. The van der Waals surface area contributed by atoms with Crippen molar-refractivity contribution >= 4 is 12.8 Å². The van der Waals surface area contributed by atoms with Crippen LogP contribution >= 0.6 is 12.8 Å². The maximum Gasteiger partial charge on any atom is 0.0169 e. The van der Waals surface area contributed by atoms with Crippen molar-refractivity contribution in [3.63, 3.8) is 0 Å². The van der Waals surface area contributed by atoms with E-state index in [1.165, 1.54) is 32.1 Å². The van der Waals surface area contributed by atoms with Gasteiger partial charge in [-0.15, -0.1) is 0 Å². The zero-order chi connectivity index (χ0) is 10.5. The van der Waals surface area contributed by atoms with Crippen molar-refractivity contribution in [1.82, 2.24) is 10.0 Å². The Labute approximate surface area is 87.3 Å². The maximum atomic E-state index is 4.01. The Morgan fingerprint density at radius 1 is 1.08 bits per heavy atom. The smallest absolute Gasteiger partial charge is 0.0169 e. The lowest BCUT2D eigenvalue weighted by Crippen LogP contribution is -2.23. The van der Waals surface area contributed by atoms with Gasteiger partial charge in [-0.2, -0.15) is 0 Å². The highest BCUT2D eigenvalue weighted by Crippen LogP contribution is 2.17. The molecule has 0 heterocycles. The highest BCUT2D eigenvalue weighted by Gasteiger charge is 2.09. The van der Waals surface area contributed by atoms with E-state index in [9.17, 15) is 0 Å². The summed E-state index contributed by atoms with van der Waals surface area (Å²) in [6.45, 7) is 0. The van der Waals surface area contributed by atoms with Crippen molar-refractivity contribution in [3.8, 4) is 0 Å². The molecule has 0 saturated heterocycles. The summed E-state index contributed by atoms with van der Waals surface area (Å²) in [5.41, 5.74) is 0. The average Bonchev–Trinajstić information content (AvgIpc) is 2.23. The van der Waals surface area contributed by atoms with Gasteiger partial charge in [0, 0.05) is 6.04 Å². The summed E-state index contributed by atoms with van der Waals surface area (Å²) in [4.78, 5) is 0. The summed E-state index contributed by atoms with van der Waals surface area (Å²) in [6, 6.07) is 0.701. The summed E-state index contributed by atoms with van der Waals surface area (Å²) < 4.78 is 3.00. The third kappa shape index (κ3) is 12.2. The van der Waals surface area contributed by atoms with E-state index in [1.807, 2.05) is 14.1 Å². The number of hydrogen-bond donors (Lipinski definition) is 5. The second kappa shape index (κ2) is 14.7. The standard InChI is InChI=1S/C6H13NS.C2H7N.H4N2/c8-7-6-4-2-1-3-5-6;1-3-2;1-2/h6-8H,1-5H2;3H,1-2H3;1-2H2. The van der Waals surface area contributed by atoms with Gasteiger partial charge in [0.05, 0.1) is 0 Å². The number of hydrogen-bond acceptors (Lipinski definition) is 5. The van der Waals surface area contributed by atoms with Gasteiger partial charge in [-0.25, -0.2) is 0 Å². The van der Waals surface area contributed by atoms with Crippen LogP contribution in [0.5, 0.6) is 0 Å². The number of nitrogens with one attached hydrogen (secondary N) is 2. The molecule has 0 atom stereocenters. The van der Waals surface area contributed by atoms with Crippen LogP contribution in [-0.2, 0) is 0 Å². The van der Waals surface area contributed by atoms with Gasteiger partial charge in [0.25, 0.3) is 0 Å². The topological polar surface area (TPSA) is 76.1 Å². The second-order valence-corrected chi connectivity index (χ2v) is 3.22. The number of thiol groups is 1. The third-order valence-corrected chi connectivity index (χ3v) is 2.15. The summed E-state index contributed by atoms with van der Waals surface area (Å²) in [5.74, 6) is 8.00. The minimum Gasteiger partial charge on any atom is -0.323 e. The first kappa shape index (κ1) is 15.7. The number of hydrazine groups is 1. The summed E-state index contributed by atoms with van der Waals surface area (Å²) in [5, 5.41) is 2.75. The number of rotatable bonds is 1. The normalized spacial score (nSPS) is 16.4. The van der Waals surface area contributed by atoms with Crippen LogP contribution in [0, 0.1) is 0 Å².